The molecule has 2 unspecified atom stereocenters. The normalized spacial score (nSPS) is 14.4. The van der Waals surface area contributed by atoms with E-state index in [9.17, 15) is 4.79 Å². The van der Waals surface area contributed by atoms with Crippen molar-refractivity contribution in [3.8, 4) is 0 Å². The van der Waals surface area contributed by atoms with Crippen molar-refractivity contribution in [3.63, 3.8) is 0 Å². The third-order valence-electron chi connectivity index (χ3n) is 2.79. The summed E-state index contributed by atoms with van der Waals surface area (Å²) in [5, 5.41) is 0. The van der Waals surface area contributed by atoms with Gasteiger partial charge in [0.15, 0.2) is 0 Å². The summed E-state index contributed by atoms with van der Waals surface area (Å²) in [6.07, 6.45) is 0.707. The first kappa shape index (κ1) is 13.8. The van der Waals surface area contributed by atoms with Gasteiger partial charge in [-0.15, -0.1) is 0 Å². The molecule has 0 amide bonds. The zero-order valence-electron chi connectivity index (χ0n) is 11.1. The van der Waals surface area contributed by atoms with Crippen LogP contribution in [0.4, 0.5) is 0 Å². The summed E-state index contributed by atoms with van der Waals surface area (Å²) in [4.78, 5) is 11.8. The van der Waals surface area contributed by atoms with E-state index in [1.807, 2.05) is 44.2 Å². The third-order valence-corrected chi connectivity index (χ3v) is 2.79. The van der Waals surface area contributed by atoms with Crippen LogP contribution in [-0.2, 0) is 9.53 Å². The molecule has 0 bridgehead atoms. The maximum Gasteiger partial charge on any atom is 0.309 e. The molecule has 1 aromatic rings. The summed E-state index contributed by atoms with van der Waals surface area (Å²) < 4.78 is 5.46. The summed E-state index contributed by atoms with van der Waals surface area (Å²) in [6, 6.07) is 9.82. The van der Waals surface area contributed by atoms with Crippen molar-refractivity contribution >= 4 is 5.97 Å². The van der Waals surface area contributed by atoms with Crippen LogP contribution in [0.15, 0.2) is 30.3 Å². The van der Waals surface area contributed by atoms with Gasteiger partial charge in [-0.1, -0.05) is 51.1 Å². The van der Waals surface area contributed by atoms with Crippen LogP contribution in [0.5, 0.6) is 0 Å². The number of rotatable bonds is 5. The van der Waals surface area contributed by atoms with Crippen molar-refractivity contribution in [2.75, 3.05) is 0 Å². The number of carbonyl (C=O) groups excluding carboxylic acids is 1. The van der Waals surface area contributed by atoms with E-state index in [0.29, 0.717) is 5.92 Å². The fourth-order valence-corrected chi connectivity index (χ4v) is 1.89. The van der Waals surface area contributed by atoms with Crippen LogP contribution in [-0.4, -0.2) is 5.97 Å². The lowest BCUT2D eigenvalue weighted by molar-refractivity contribution is -0.153. The highest BCUT2D eigenvalue weighted by Gasteiger charge is 2.19. The molecular formula is C15H22O2. The average molecular weight is 234 g/mol. The van der Waals surface area contributed by atoms with Gasteiger partial charge in [-0.2, -0.15) is 0 Å². The third kappa shape index (κ3) is 4.59. The molecule has 0 spiro atoms. The highest BCUT2D eigenvalue weighted by Crippen LogP contribution is 2.20. The minimum Gasteiger partial charge on any atom is -0.458 e. The van der Waals surface area contributed by atoms with E-state index in [1.165, 1.54) is 0 Å². The quantitative estimate of drug-likeness (QED) is 0.720. The van der Waals surface area contributed by atoms with Gasteiger partial charge in [-0.3, -0.25) is 4.79 Å². The lowest BCUT2D eigenvalue weighted by atomic mass is 9.99. The second-order valence-corrected chi connectivity index (χ2v) is 5.02. The zero-order chi connectivity index (χ0) is 12.8. The number of ether oxygens (including phenoxy) is 1. The number of hydrogen-bond donors (Lipinski definition) is 0. The highest BCUT2D eigenvalue weighted by atomic mass is 16.5. The van der Waals surface area contributed by atoms with Gasteiger partial charge in [0.1, 0.15) is 6.10 Å². The molecular weight excluding hydrogens is 212 g/mol. The van der Waals surface area contributed by atoms with Gasteiger partial charge in [0.25, 0.3) is 0 Å². The van der Waals surface area contributed by atoms with Gasteiger partial charge in [-0.25, -0.2) is 0 Å². The molecule has 0 aliphatic heterocycles. The molecule has 0 aliphatic rings. The molecule has 0 saturated carbocycles. The molecule has 0 saturated heterocycles. The number of esters is 1. The monoisotopic (exact) mass is 234 g/mol. The Morgan fingerprint density at radius 1 is 1.12 bits per heavy atom. The van der Waals surface area contributed by atoms with Crippen LogP contribution in [0.1, 0.15) is 45.8 Å². The molecule has 1 aromatic carbocycles. The maximum atomic E-state index is 11.8. The molecule has 2 nitrogen and oxygen atoms in total. The van der Waals surface area contributed by atoms with Crippen LogP contribution in [0, 0.1) is 11.8 Å². The van der Waals surface area contributed by atoms with Crippen LogP contribution in [0.3, 0.4) is 0 Å². The van der Waals surface area contributed by atoms with Crippen molar-refractivity contribution in [2.45, 2.75) is 40.2 Å². The van der Waals surface area contributed by atoms with Crippen LogP contribution >= 0.6 is 0 Å². The summed E-state index contributed by atoms with van der Waals surface area (Å²) >= 11 is 0. The van der Waals surface area contributed by atoms with Gasteiger partial charge < -0.3 is 4.74 Å². The molecule has 94 valence electrons. The number of benzene rings is 1. The van der Waals surface area contributed by atoms with E-state index in [1.54, 1.807) is 0 Å². The highest BCUT2D eigenvalue weighted by molar-refractivity contribution is 5.72. The van der Waals surface area contributed by atoms with E-state index >= 15 is 0 Å². The molecule has 0 N–H and O–H groups in total. The molecule has 0 aliphatic carbocycles. The average Bonchev–Trinajstić information content (AvgIpc) is 2.29. The van der Waals surface area contributed by atoms with Gasteiger partial charge in [0.05, 0.1) is 5.92 Å². The molecule has 2 heteroatoms. The Morgan fingerprint density at radius 3 is 2.24 bits per heavy atom. The minimum atomic E-state index is -0.168. The van der Waals surface area contributed by atoms with Crippen molar-refractivity contribution in [1.82, 2.24) is 0 Å². The van der Waals surface area contributed by atoms with Crippen molar-refractivity contribution < 1.29 is 9.53 Å². The SMILES string of the molecule is CC(C)CC(C)C(=O)OC(C)c1ccccc1. The Morgan fingerprint density at radius 2 is 1.71 bits per heavy atom. The molecule has 0 fully saturated rings. The van der Waals surface area contributed by atoms with Crippen LogP contribution < -0.4 is 0 Å². The minimum absolute atomic E-state index is 0.0267. The Bertz CT molecular complexity index is 343. The second-order valence-electron chi connectivity index (χ2n) is 5.02. The molecule has 0 radical (unpaired) electrons. The van der Waals surface area contributed by atoms with E-state index in [-0.39, 0.29) is 18.0 Å². The predicted molar refractivity (Wildman–Crippen MR) is 69.6 cm³/mol. The van der Waals surface area contributed by atoms with Gasteiger partial charge in [0, 0.05) is 0 Å². The summed E-state index contributed by atoms with van der Waals surface area (Å²) in [6.45, 7) is 8.07. The van der Waals surface area contributed by atoms with E-state index in [4.69, 9.17) is 4.74 Å². The van der Waals surface area contributed by atoms with Crippen molar-refractivity contribution in [2.24, 2.45) is 11.8 Å². The number of hydrogen-bond acceptors (Lipinski definition) is 2. The summed E-state index contributed by atoms with van der Waals surface area (Å²) in [5.41, 5.74) is 1.04. The lowest BCUT2D eigenvalue weighted by Gasteiger charge is -2.18. The largest absolute Gasteiger partial charge is 0.458 e. The fraction of sp³-hybridized carbons (Fsp3) is 0.533. The maximum absolute atomic E-state index is 11.8. The summed E-state index contributed by atoms with van der Waals surface area (Å²) in [7, 11) is 0. The fourth-order valence-electron chi connectivity index (χ4n) is 1.89. The Hall–Kier alpha value is -1.31. The molecule has 1 rings (SSSR count). The molecule has 0 aromatic heterocycles. The predicted octanol–water partition coefficient (Wildman–Crippen LogP) is 3.97. The Kier molecular flexibility index (Phi) is 5.20. The van der Waals surface area contributed by atoms with E-state index < -0.39 is 0 Å². The Labute approximate surface area is 104 Å². The van der Waals surface area contributed by atoms with Crippen LogP contribution in [0.25, 0.3) is 0 Å². The van der Waals surface area contributed by atoms with Crippen molar-refractivity contribution in [1.29, 1.82) is 0 Å². The van der Waals surface area contributed by atoms with Gasteiger partial charge in [0.2, 0.25) is 0 Å². The van der Waals surface area contributed by atoms with E-state index in [0.717, 1.165) is 12.0 Å². The lowest BCUT2D eigenvalue weighted by Crippen LogP contribution is -2.18. The first-order valence-electron chi connectivity index (χ1n) is 6.26. The second kappa shape index (κ2) is 6.43. The molecule has 17 heavy (non-hydrogen) atoms. The van der Waals surface area contributed by atoms with E-state index in [2.05, 4.69) is 13.8 Å². The van der Waals surface area contributed by atoms with Gasteiger partial charge in [-0.05, 0) is 24.8 Å². The molecule has 0 heterocycles. The van der Waals surface area contributed by atoms with Crippen LogP contribution in [0.2, 0.25) is 0 Å². The first-order valence-corrected chi connectivity index (χ1v) is 6.26. The zero-order valence-corrected chi connectivity index (χ0v) is 11.1. The smallest absolute Gasteiger partial charge is 0.309 e. The Balaban J connectivity index is 2.51. The van der Waals surface area contributed by atoms with Crippen molar-refractivity contribution in [3.05, 3.63) is 35.9 Å². The van der Waals surface area contributed by atoms with Gasteiger partial charge >= 0.3 is 5.97 Å². The topological polar surface area (TPSA) is 26.3 Å². The molecule has 2 atom stereocenters. The first-order chi connectivity index (χ1) is 8.00. The standard InChI is InChI=1S/C15H22O2/c1-11(2)10-12(3)15(16)17-13(4)14-8-6-5-7-9-14/h5-9,11-13H,10H2,1-4H3. The summed E-state index contributed by atoms with van der Waals surface area (Å²) in [5.74, 6) is 0.390. The number of carbonyl (C=O) groups is 1.